The van der Waals surface area contributed by atoms with Gasteiger partial charge in [-0.2, -0.15) is 5.26 Å². The van der Waals surface area contributed by atoms with E-state index in [2.05, 4.69) is 11.1 Å². The third kappa shape index (κ3) is 2.48. The largest absolute Gasteiger partial charge is 0.392 e. The molecule has 96 valence electrons. The molecule has 0 radical (unpaired) electrons. The lowest BCUT2D eigenvalue weighted by atomic mass is 9.99. The van der Waals surface area contributed by atoms with Crippen molar-refractivity contribution in [2.75, 3.05) is 6.26 Å². The third-order valence-electron chi connectivity index (χ3n) is 3.05. The average Bonchev–Trinajstić information content (AvgIpc) is 2.47. The van der Waals surface area contributed by atoms with Crippen molar-refractivity contribution in [2.45, 2.75) is 18.6 Å². The monoisotopic (exact) mass is 270 g/mol. The SMILES string of the molecule is CSc1nc(-c2ccccc2)c(CO)c(C)c1C#N. The maximum atomic E-state index is 9.59. The van der Waals surface area contributed by atoms with Gasteiger partial charge in [-0.15, -0.1) is 11.8 Å². The molecule has 0 saturated heterocycles. The van der Waals surface area contributed by atoms with Gasteiger partial charge in [0.2, 0.25) is 0 Å². The molecule has 0 spiro atoms. The Morgan fingerprint density at radius 3 is 2.53 bits per heavy atom. The quantitative estimate of drug-likeness (QED) is 0.870. The Kier molecular flexibility index (Phi) is 4.20. The zero-order valence-electron chi connectivity index (χ0n) is 10.8. The van der Waals surface area contributed by atoms with E-state index in [-0.39, 0.29) is 6.61 Å². The van der Waals surface area contributed by atoms with Crippen LogP contribution in [0.2, 0.25) is 0 Å². The molecule has 2 rings (SSSR count). The number of rotatable bonds is 3. The lowest BCUT2D eigenvalue weighted by Gasteiger charge is -2.14. The van der Waals surface area contributed by atoms with E-state index in [4.69, 9.17) is 0 Å². The molecule has 0 atom stereocenters. The summed E-state index contributed by atoms with van der Waals surface area (Å²) < 4.78 is 0. The Morgan fingerprint density at radius 2 is 2.00 bits per heavy atom. The summed E-state index contributed by atoms with van der Waals surface area (Å²) in [4.78, 5) is 4.54. The molecule has 1 heterocycles. The zero-order chi connectivity index (χ0) is 13.8. The summed E-state index contributed by atoms with van der Waals surface area (Å²) in [7, 11) is 0. The van der Waals surface area contributed by atoms with Gasteiger partial charge >= 0.3 is 0 Å². The summed E-state index contributed by atoms with van der Waals surface area (Å²) in [5.41, 5.74) is 3.79. The Balaban J connectivity index is 2.75. The first kappa shape index (κ1) is 13.6. The van der Waals surface area contributed by atoms with E-state index in [0.29, 0.717) is 10.6 Å². The van der Waals surface area contributed by atoms with Crippen molar-refractivity contribution in [1.82, 2.24) is 4.98 Å². The van der Waals surface area contributed by atoms with Crippen LogP contribution in [0.3, 0.4) is 0 Å². The summed E-state index contributed by atoms with van der Waals surface area (Å²) in [6, 6.07) is 11.9. The van der Waals surface area contributed by atoms with Crippen LogP contribution in [0, 0.1) is 18.3 Å². The van der Waals surface area contributed by atoms with Gasteiger partial charge in [0.15, 0.2) is 0 Å². The molecule has 3 nitrogen and oxygen atoms in total. The molecular formula is C15H14N2OS. The summed E-state index contributed by atoms with van der Waals surface area (Å²) in [5, 5.41) is 19.5. The molecule has 0 amide bonds. The Labute approximate surface area is 116 Å². The molecule has 0 aliphatic heterocycles. The predicted octanol–water partition coefficient (Wildman–Crippen LogP) is 3.14. The lowest BCUT2D eigenvalue weighted by molar-refractivity contribution is 0.281. The molecule has 1 aromatic heterocycles. The number of hydrogen-bond donors (Lipinski definition) is 1. The topological polar surface area (TPSA) is 56.9 Å². The lowest BCUT2D eigenvalue weighted by Crippen LogP contribution is -2.02. The van der Waals surface area contributed by atoms with Gasteiger partial charge in [-0.1, -0.05) is 30.3 Å². The van der Waals surface area contributed by atoms with Crippen LogP contribution < -0.4 is 0 Å². The maximum Gasteiger partial charge on any atom is 0.115 e. The van der Waals surface area contributed by atoms with Crippen LogP contribution in [0.25, 0.3) is 11.3 Å². The molecule has 1 N–H and O–H groups in total. The Bertz CT molecular complexity index is 633. The fraction of sp³-hybridized carbons (Fsp3) is 0.200. The number of pyridine rings is 1. The van der Waals surface area contributed by atoms with Gasteiger partial charge < -0.3 is 5.11 Å². The van der Waals surface area contributed by atoms with Crippen LogP contribution in [-0.4, -0.2) is 16.3 Å². The van der Waals surface area contributed by atoms with E-state index in [1.165, 1.54) is 11.8 Å². The van der Waals surface area contributed by atoms with Crippen molar-refractivity contribution < 1.29 is 5.11 Å². The first-order valence-electron chi connectivity index (χ1n) is 5.86. The third-order valence-corrected chi connectivity index (χ3v) is 3.73. The summed E-state index contributed by atoms with van der Waals surface area (Å²) in [6.45, 7) is 1.74. The molecule has 0 bridgehead atoms. The van der Waals surface area contributed by atoms with Crippen LogP contribution in [-0.2, 0) is 6.61 Å². The zero-order valence-corrected chi connectivity index (χ0v) is 11.7. The molecule has 19 heavy (non-hydrogen) atoms. The van der Waals surface area contributed by atoms with Crippen molar-refractivity contribution in [3.05, 3.63) is 47.0 Å². The summed E-state index contributed by atoms with van der Waals surface area (Å²) >= 11 is 1.45. The van der Waals surface area contributed by atoms with Gasteiger partial charge in [-0.25, -0.2) is 4.98 Å². The predicted molar refractivity (Wildman–Crippen MR) is 76.8 cm³/mol. The molecule has 0 fully saturated rings. The van der Waals surface area contributed by atoms with Gasteiger partial charge in [0.25, 0.3) is 0 Å². The second-order valence-corrected chi connectivity index (χ2v) is 4.88. The Hall–Kier alpha value is -1.83. The molecular weight excluding hydrogens is 256 g/mol. The maximum absolute atomic E-state index is 9.59. The minimum Gasteiger partial charge on any atom is -0.392 e. The van der Waals surface area contributed by atoms with Gasteiger partial charge in [0.1, 0.15) is 11.1 Å². The van der Waals surface area contributed by atoms with E-state index in [0.717, 1.165) is 22.4 Å². The van der Waals surface area contributed by atoms with Crippen LogP contribution in [0.4, 0.5) is 0 Å². The number of nitriles is 1. The average molecular weight is 270 g/mol. The van der Waals surface area contributed by atoms with E-state index >= 15 is 0 Å². The van der Waals surface area contributed by atoms with Gasteiger partial charge in [0.05, 0.1) is 17.9 Å². The Morgan fingerprint density at radius 1 is 1.32 bits per heavy atom. The van der Waals surface area contributed by atoms with E-state index in [1.54, 1.807) is 0 Å². The van der Waals surface area contributed by atoms with E-state index in [1.807, 2.05) is 43.5 Å². The van der Waals surface area contributed by atoms with Crippen molar-refractivity contribution in [3.8, 4) is 17.3 Å². The van der Waals surface area contributed by atoms with Gasteiger partial charge in [0, 0.05) is 11.1 Å². The highest BCUT2D eigenvalue weighted by atomic mass is 32.2. The molecule has 4 heteroatoms. The number of benzene rings is 1. The first-order valence-corrected chi connectivity index (χ1v) is 7.09. The fourth-order valence-electron chi connectivity index (χ4n) is 2.02. The highest BCUT2D eigenvalue weighted by Gasteiger charge is 2.16. The fourth-order valence-corrected chi connectivity index (χ4v) is 2.61. The van der Waals surface area contributed by atoms with Crippen LogP contribution in [0.15, 0.2) is 35.4 Å². The standard InChI is InChI=1S/C15H14N2OS/c1-10-12(8-16)15(19-2)17-14(13(10)9-18)11-6-4-3-5-7-11/h3-7,18H,9H2,1-2H3. The van der Waals surface area contributed by atoms with Crippen LogP contribution >= 0.6 is 11.8 Å². The van der Waals surface area contributed by atoms with Gasteiger partial charge in [-0.05, 0) is 18.7 Å². The number of nitrogens with zero attached hydrogens (tertiary/aromatic N) is 2. The van der Waals surface area contributed by atoms with E-state index < -0.39 is 0 Å². The van der Waals surface area contributed by atoms with Crippen molar-refractivity contribution in [1.29, 1.82) is 5.26 Å². The van der Waals surface area contributed by atoms with Crippen LogP contribution in [0.1, 0.15) is 16.7 Å². The first-order chi connectivity index (χ1) is 9.22. The second kappa shape index (κ2) is 5.87. The normalized spacial score (nSPS) is 10.2. The minimum absolute atomic E-state index is 0.119. The van der Waals surface area contributed by atoms with Crippen molar-refractivity contribution in [2.24, 2.45) is 0 Å². The highest BCUT2D eigenvalue weighted by molar-refractivity contribution is 7.98. The molecule has 0 aliphatic carbocycles. The number of hydrogen-bond acceptors (Lipinski definition) is 4. The number of aliphatic hydroxyl groups excluding tert-OH is 1. The van der Waals surface area contributed by atoms with Gasteiger partial charge in [-0.3, -0.25) is 0 Å². The van der Waals surface area contributed by atoms with E-state index in [9.17, 15) is 10.4 Å². The molecule has 0 aliphatic rings. The summed E-state index contributed by atoms with van der Waals surface area (Å²) in [6.07, 6.45) is 1.90. The molecule has 0 unspecified atom stereocenters. The number of aromatic nitrogens is 1. The number of aliphatic hydroxyl groups is 1. The van der Waals surface area contributed by atoms with Crippen molar-refractivity contribution >= 4 is 11.8 Å². The second-order valence-electron chi connectivity index (χ2n) is 4.08. The van der Waals surface area contributed by atoms with Crippen molar-refractivity contribution in [3.63, 3.8) is 0 Å². The molecule has 2 aromatic rings. The smallest absolute Gasteiger partial charge is 0.115 e. The molecule has 1 aromatic carbocycles. The minimum atomic E-state index is -0.119. The molecule has 0 saturated carbocycles. The highest BCUT2D eigenvalue weighted by Crippen LogP contribution is 2.31. The summed E-state index contributed by atoms with van der Waals surface area (Å²) in [5.74, 6) is 0. The van der Waals surface area contributed by atoms with Crippen LogP contribution in [0.5, 0.6) is 0 Å². The number of thioether (sulfide) groups is 1.